The molecule has 0 amide bonds. The molecule has 0 aliphatic rings. The molecule has 0 radical (unpaired) electrons. The van der Waals surface area contributed by atoms with Crippen LogP contribution in [0.2, 0.25) is 0 Å². The highest BCUT2D eigenvalue weighted by Crippen LogP contribution is 2.30. The molecule has 0 aromatic heterocycles. The van der Waals surface area contributed by atoms with E-state index < -0.39 is 49.2 Å². The molecule has 3 aromatic rings. The number of nitrogens with zero attached hydrogens (tertiary/aromatic N) is 2. The van der Waals surface area contributed by atoms with Gasteiger partial charge in [-0.05, 0) is 41.5 Å². The number of rotatable bonds is 9. The summed E-state index contributed by atoms with van der Waals surface area (Å²) in [5, 5.41) is 11.3. The van der Waals surface area contributed by atoms with E-state index in [2.05, 4.69) is 0 Å². The van der Waals surface area contributed by atoms with Gasteiger partial charge < -0.3 is 4.74 Å². The first-order valence-corrected chi connectivity index (χ1v) is 11.6. The van der Waals surface area contributed by atoms with Crippen molar-refractivity contribution < 1.29 is 35.6 Å². The van der Waals surface area contributed by atoms with Crippen LogP contribution in [0.3, 0.4) is 0 Å². The van der Waals surface area contributed by atoms with Crippen molar-refractivity contribution in [2.45, 2.75) is 23.8 Å². The van der Waals surface area contributed by atoms with E-state index >= 15 is 0 Å². The van der Waals surface area contributed by atoms with E-state index in [1.807, 2.05) is 0 Å². The fourth-order valence-corrected chi connectivity index (χ4v) is 4.57. The first kappa shape index (κ1) is 26.3. The van der Waals surface area contributed by atoms with Crippen molar-refractivity contribution in [1.82, 2.24) is 4.31 Å². The molecular weight excluding hydrogens is 492 g/mol. The lowest BCUT2D eigenvalue weighted by molar-refractivity contribution is -0.387. The minimum absolute atomic E-state index is 0.167. The number of nitro benzene ring substituents is 1. The number of hydrogen-bond donors (Lipinski definition) is 0. The smallest absolute Gasteiger partial charge is 0.367 e. The van der Waals surface area contributed by atoms with E-state index in [9.17, 15) is 36.1 Å². The fourth-order valence-electron chi connectivity index (χ4n) is 3.24. The van der Waals surface area contributed by atoms with Gasteiger partial charge in [-0.15, -0.1) is 0 Å². The number of para-hydroxylation sites is 1. The lowest BCUT2D eigenvalue weighted by atomic mass is 10.1. The Bertz CT molecular complexity index is 1280. The Morgan fingerprint density at radius 1 is 1.00 bits per heavy atom. The summed E-state index contributed by atoms with van der Waals surface area (Å²) >= 11 is 0. The largest absolute Gasteiger partial charge is 0.416 e. The number of nitro groups is 1. The first-order valence-electron chi connectivity index (χ1n) is 10.1. The molecule has 0 spiro atoms. The van der Waals surface area contributed by atoms with Crippen LogP contribution in [0.1, 0.15) is 22.8 Å². The number of alkyl halides is 3. The third kappa shape index (κ3) is 6.41. The van der Waals surface area contributed by atoms with Crippen molar-refractivity contribution in [2.75, 3.05) is 13.6 Å². The molecule has 186 valence electrons. The highest BCUT2D eigenvalue weighted by Gasteiger charge is 2.32. The second kappa shape index (κ2) is 10.5. The van der Waals surface area contributed by atoms with Gasteiger partial charge >= 0.3 is 6.18 Å². The molecule has 35 heavy (non-hydrogen) atoms. The molecule has 0 saturated carbocycles. The van der Waals surface area contributed by atoms with E-state index in [-0.39, 0.29) is 13.2 Å². The molecule has 12 heteroatoms. The summed E-state index contributed by atoms with van der Waals surface area (Å²) in [6.45, 7) is -0.472. The van der Waals surface area contributed by atoms with Gasteiger partial charge in [0.05, 0.1) is 23.2 Å². The van der Waals surface area contributed by atoms with Gasteiger partial charge in [0, 0.05) is 19.7 Å². The van der Waals surface area contributed by atoms with Gasteiger partial charge in [-0.3, -0.25) is 10.1 Å². The van der Waals surface area contributed by atoms with Gasteiger partial charge in [-0.25, -0.2) is 12.8 Å². The van der Waals surface area contributed by atoms with Gasteiger partial charge in [-0.1, -0.05) is 36.4 Å². The zero-order valence-corrected chi connectivity index (χ0v) is 19.1. The summed E-state index contributed by atoms with van der Waals surface area (Å²) in [4.78, 5) is 9.99. The number of halogens is 4. The molecule has 3 rings (SSSR count). The van der Waals surface area contributed by atoms with Crippen molar-refractivity contribution in [3.8, 4) is 0 Å². The van der Waals surface area contributed by atoms with Crippen LogP contribution >= 0.6 is 0 Å². The normalized spacial score (nSPS) is 13.1. The Morgan fingerprint density at radius 3 is 2.17 bits per heavy atom. The minimum atomic E-state index is -4.49. The van der Waals surface area contributed by atoms with E-state index in [0.29, 0.717) is 11.1 Å². The third-order valence-corrected chi connectivity index (χ3v) is 7.02. The summed E-state index contributed by atoms with van der Waals surface area (Å²) < 4.78 is 84.7. The van der Waals surface area contributed by atoms with Crippen LogP contribution in [-0.4, -0.2) is 31.2 Å². The van der Waals surface area contributed by atoms with E-state index in [1.54, 1.807) is 0 Å². The molecule has 0 fully saturated rings. The second-order valence-corrected chi connectivity index (χ2v) is 9.57. The van der Waals surface area contributed by atoms with Gasteiger partial charge in [0.1, 0.15) is 5.82 Å². The predicted molar refractivity (Wildman–Crippen MR) is 118 cm³/mol. The quantitative estimate of drug-likeness (QED) is 0.220. The Labute approximate surface area is 198 Å². The molecule has 0 bridgehead atoms. The highest BCUT2D eigenvalue weighted by molar-refractivity contribution is 7.89. The molecule has 0 heterocycles. The van der Waals surface area contributed by atoms with Crippen LogP contribution < -0.4 is 0 Å². The SMILES string of the molecule is CN(CC(OCc1ccc(C(F)(F)F)cc1)c1ccc(F)cc1)S(=O)(=O)c1ccccc1[N+](=O)[O-]. The van der Waals surface area contributed by atoms with Crippen molar-refractivity contribution in [3.05, 3.63) is 105 Å². The monoisotopic (exact) mass is 512 g/mol. The predicted octanol–water partition coefficient (Wildman–Crippen LogP) is 5.33. The van der Waals surface area contributed by atoms with Gasteiger partial charge in [0.25, 0.3) is 5.69 Å². The molecular formula is C23H20F4N2O5S. The van der Waals surface area contributed by atoms with E-state index in [0.717, 1.165) is 40.7 Å². The summed E-state index contributed by atoms with van der Waals surface area (Å²) in [5.41, 5.74) is -0.618. The average Bonchev–Trinajstić information content (AvgIpc) is 2.81. The Kier molecular flexibility index (Phi) is 7.88. The van der Waals surface area contributed by atoms with Crippen LogP contribution in [0, 0.1) is 15.9 Å². The van der Waals surface area contributed by atoms with Gasteiger partial charge in [0.2, 0.25) is 10.0 Å². The van der Waals surface area contributed by atoms with Gasteiger partial charge in [-0.2, -0.15) is 17.5 Å². The maximum absolute atomic E-state index is 13.4. The van der Waals surface area contributed by atoms with Crippen molar-refractivity contribution in [2.24, 2.45) is 0 Å². The van der Waals surface area contributed by atoms with Crippen LogP contribution in [-0.2, 0) is 27.5 Å². The Hall–Kier alpha value is -3.35. The summed E-state index contributed by atoms with van der Waals surface area (Å²) in [5.74, 6) is -0.531. The lowest BCUT2D eigenvalue weighted by Crippen LogP contribution is -2.32. The number of likely N-dealkylation sites (N-methyl/N-ethyl adjacent to an activating group) is 1. The van der Waals surface area contributed by atoms with E-state index in [4.69, 9.17) is 4.74 Å². The molecule has 0 saturated heterocycles. The summed E-state index contributed by atoms with van der Waals surface area (Å²) in [6, 6.07) is 14.2. The molecule has 3 aromatic carbocycles. The minimum Gasteiger partial charge on any atom is -0.367 e. The molecule has 0 aliphatic carbocycles. The molecule has 1 unspecified atom stereocenters. The standard InChI is InChI=1S/C23H20F4N2O5S/c1-28(35(32,33)22-5-3-2-4-20(22)29(30)31)14-21(17-8-12-19(24)13-9-17)34-15-16-6-10-18(11-7-16)23(25,26)27/h2-13,21H,14-15H2,1H3. The van der Waals surface area contributed by atoms with Crippen molar-refractivity contribution >= 4 is 15.7 Å². The van der Waals surface area contributed by atoms with Crippen molar-refractivity contribution in [3.63, 3.8) is 0 Å². The second-order valence-electron chi connectivity index (χ2n) is 7.56. The molecule has 0 N–H and O–H groups in total. The van der Waals surface area contributed by atoms with Crippen LogP contribution in [0.25, 0.3) is 0 Å². The Balaban J connectivity index is 1.85. The van der Waals surface area contributed by atoms with E-state index in [1.165, 1.54) is 43.4 Å². The zero-order valence-electron chi connectivity index (χ0n) is 18.3. The van der Waals surface area contributed by atoms with Crippen LogP contribution in [0.4, 0.5) is 23.2 Å². The van der Waals surface area contributed by atoms with Crippen LogP contribution in [0.15, 0.2) is 77.7 Å². The molecule has 7 nitrogen and oxygen atoms in total. The lowest BCUT2D eigenvalue weighted by Gasteiger charge is -2.25. The topological polar surface area (TPSA) is 89.8 Å². The fraction of sp³-hybridized carbons (Fsp3) is 0.217. The maximum atomic E-state index is 13.4. The van der Waals surface area contributed by atoms with Crippen molar-refractivity contribution in [1.29, 1.82) is 0 Å². The highest BCUT2D eigenvalue weighted by atomic mass is 32.2. The summed E-state index contributed by atoms with van der Waals surface area (Å²) in [6.07, 6.45) is -5.45. The third-order valence-electron chi connectivity index (χ3n) is 5.15. The first-order chi connectivity index (χ1) is 16.4. The number of sulfonamides is 1. The average molecular weight is 512 g/mol. The summed E-state index contributed by atoms with van der Waals surface area (Å²) in [7, 11) is -3.11. The maximum Gasteiger partial charge on any atom is 0.416 e. The Morgan fingerprint density at radius 2 is 1.60 bits per heavy atom. The molecule has 1 atom stereocenters. The van der Waals surface area contributed by atoms with Gasteiger partial charge in [0.15, 0.2) is 4.90 Å². The molecule has 0 aliphatic heterocycles. The number of benzene rings is 3. The van der Waals surface area contributed by atoms with Crippen LogP contribution in [0.5, 0.6) is 0 Å². The number of ether oxygens (including phenoxy) is 1. The zero-order chi connectivity index (χ0) is 25.8. The number of hydrogen-bond acceptors (Lipinski definition) is 5.